The summed E-state index contributed by atoms with van der Waals surface area (Å²) < 4.78 is 0. The second kappa shape index (κ2) is 5.45. The minimum atomic E-state index is 0.565. The molecular weight excluding hydrogens is 200 g/mol. The summed E-state index contributed by atoms with van der Waals surface area (Å²) in [6.45, 7) is 8.89. The van der Waals surface area contributed by atoms with Crippen molar-refractivity contribution in [3.8, 4) is 6.07 Å². The van der Waals surface area contributed by atoms with Crippen molar-refractivity contribution in [1.82, 2.24) is 10.2 Å². The lowest BCUT2D eigenvalue weighted by Gasteiger charge is -2.12. The highest BCUT2D eigenvalue weighted by Crippen LogP contribution is 2.17. The lowest BCUT2D eigenvalue weighted by Crippen LogP contribution is -2.14. The molecular formula is C12H18N4. The summed E-state index contributed by atoms with van der Waals surface area (Å²) in [5.74, 6) is 1.17. The second-order valence-corrected chi connectivity index (χ2v) is 4.14. The van der Waals surface area contributed by atoms with Crippen molar-refractivity contribution in [2.45, 2.75) is 34.1 Å². The largest absolute Gasteiger partial charge is 0.367 e. The summed E-state index contributed by atoms with van der Waals surface area (Å²) in [7, 11) is 0. The summed E-state index contributed by atoms with van der Waals surface area (Å²) >= 11 is 0. The quantitative estimate of drug-likeness (QED) is 0.843. The van der Waals surface area contributed by atoms with Gasteiger partial charge in [0.25, 0.3) is 0 Å². The van der Waals surface area contributed by atoms with Crippen molar-refractivity contribution in [3.05, 3.63) is 16.8 Å². The lowest BCUT2D eigenvalue weighted by molar-refractivity contribution is 0.591. The maximum Gasteiger partial charge on any atom is 0.166 e. The Morgan fingerprint density at radius 1 is 1.38 bits per heavy atom. The van der Waals surface area contributed by atoms with E-state index in [1.165, 1.54) is 0 Å². The predicted octanol–water partition coefficient (Wildman–Crippen LogP) is 2.42. The number of nitriles is 1. The fourth-order valence-electron chi connectivity index (χ4n) is 1.28. The van der Waals surface area contributed by atoms with Crippen molar-refractivity contribution in [3.63, 3.8) is 0 Å². The summed E-state index contributed by atoms with van der Waals surface area (Å²) in [6.07, 6.45) is 1.10. The second-order valence-electron chi connectivity index (χ2n) is 4.14. The number of anilines is 1. The van der Waals surface area contributed by atoms with Gasteiger partial charge in [-0.25, -0.2) is 0 Å². The van der Waals surface area contributed by atoms with Crippen LogP contribution < -0.4 is 5.32 Å². The van der Waals surface area contributed by atoms with Gasteiger partial charge >= 0.3 is 0 Å². The molecule has 0 aliphatic rings. The fourth-order valence-corrected chi connectivity index (χ4v) is 1.28. The van der Waals surface area contributed by atoms with Crippen LogP contribution in [0.2, 0.25) is 0 Å². The normalized spacial score (nSPS) is 11.9. The summed E-state index contributed by atoms with van der Waals surface area (Å²) in [5.41, 5.74) is 2.32. The van der Waals surface area contributed by atoms with Crippen LogP contribution in [0, 0.1) is 31.1 Å². The molecule has 86 valence electrons. The Bertz CT molecular complexity index is 406. The molecule has 16 heavy (non-hydrogen) atoms. The van der Waals surface area contributed by atoms with Crippen molar-refractivity contribution < 1.29 is 0 Å². The predicted molar refractivity (Wildman–Crippen MR) is 64.2 cm³/mol. The number of aryl methyl sites for hydroxylation is 1. The zero-order valence-electron chi connectivity index (χ0n) is 10.3. The molecule has 1 rings (SSSR count). The Labute approximate surface area is 96.7 Å². The number of hydrogen-bond acceptors (Lipinski definition) is 4. The average molecular weight is 218 g/mol. The Hall–Kier alpha value is -1.63. The van der Waals surface area contributed by atoms with Crippen molar-refractivity contribution in [1.29, 1.82) is 5.26 Å². The number of aromatic nitrogens is 2. The molecule has 0 saturated heterocycles. The number of rotatable bonds is 4. The highest BCUT2D eigenvalue weighted by molar-refractivity contribution is 5.55. The van der Waals surface area contributed by atoms with E-state index in [4.69, 9.17) is 5.26 Å². The van der Waals surface area contributed by atoms with Gasteiger partial charge in [-0.05, 0) is 25.3 Å². The number of nitrogens with one attached hydrogen (secondary N) is 1. The molecule has 1 aromatic rings. The van der Waals surface area contributed by atoms with Gasteiger partial charge in [-0.2, -0.15) is 10.4 Å². The minimum absolute atomic E-state index is 0.565. The third kappa shape index (κ3) is 2.69. The van der Waals surface area contributed by atoms with E-state index in [0.717, 1.165) is 24.2 Å². The summed E-state index contributed by atoms with van der Waals surface area (Å²) in [5, 5.41) is 20.3. The summed E-state index contributed by atoms with van der Waals surface area (Å²) in [4.78, 5) is 0. The molecule has 1 heterocycles. The Morgan fingerprint density at radius 3 is 2.62 bits per heavy atom. The molecule has 0 radical (unpaired) electrons. The van der Waals surface area contributed by atoms with Gasteiger partial charge < -0.3 is 5.32 Å². The van der Waals surface area contributed by atoms with Crippen LogP contribution in [0.3, 0.4) is 0 Å². The molecule has 0 aliphatic carbocycles. The van der Waals surface area contributed by atoms with Gasteiger partial charge in [0, 0.05) is 6.54 Å². The first-order chi connectivity index (χ1) is 7.60. The highest BCUT2D eigenvalue weighted by Gasteiger charge is 2.10. The molecule has 0 bridgehead atoms. The first-order valence-corrected chi connectivity index (χ1v) is 5.58. The molecule has 0 saturated carbocycles. The van der Waals surface area contributed by atoms with Crippen molar-refractivity contribution >= 4 is 5.82 Å². The van der Waals surface area contributed by atoms with Gasteiger partial charge in [-0.3, -0.25) is 0 Å². The van der Waals surface area contributed by atoms with Crippen LogP contribution in [0.15, 0.2) is 0 Å². The number of hydrogen-bond donors (Lipinski definition) is 1. The SMILES string of the molecule is CCC(C)CNc1nnc(C)c(C)c1C#N. The molecule has 0 aromatic carbocycles. The van der Waals surface area contributed by atoms with E-state index in [0.29, 0.717) is 17.3 Å². The van der Waals surface area contributed by atoms with Gasteiger partial charge in [-0.15, -0.1) is 5.10 Å². The molecule has 1 N–H and O–H groups in total. The molecule has 0 amide bonds. The van der Waals surface area contributed by atoms with E-state index in [-0.39, 0.29) is 0 Å². The molecule has 0 fully saturated rings. The van der Waals surface area contributed by atoms with Gasteiger partial charge in [0.2, 0.25) is 0 Å². The van der Waals surface area contributed by atoms with Crippen molar-refractivity contribution in [2.24, 2.45) is 5.92 Å². The monoisotopic (exact) mass is 218 g/mol. The van der Waals surface area contributed by atoms with Gasteiger partial charge in [-0.1, -0.05) is 20.3 Å². The van der Waals surface area contributed by atoms with E-state index >= 15 is 0 Å². The Balaban J connectivity index is 2.89. The minimum Gasteiger partial charge on any atom is -0.367 e. The maximum absolute atomic E-state index is 9.09. The van der Waals surface area contributed by atoms with Gasteiger partial charge in [0.15, 0.2) is 5.82 Å². The third-order valence-electron chi connectivity index (χ3n) is 2.88. The third-order valence-corrected chi connectivity index (χ3v) is 2.88. The van der Waals surface area contributed by atoms with Crippen LogP contribution in [-0.4, -0.2) is 16.7 Å². The van der Waals surface area contributed by atoms with Crippen LogP contribution in [-0.2, 0) is 0 Å². The molecule has 4 nitrogen and oxygen atoms in total. The average Bonchev–Trinajstić information content (AvgIpc) is 2.30. The van der Waals surface area contributed by atoms with E-state index in [9.17, 15) is 0 Å². The first kappa shape index (κ1) is 12.4. The van der Waals surface area contributed by atoms with Crippen LogP contribution in [0.25, 0.3) is 0 Å². The zero-order valence-corrected chi connectivity index (χ0v) is 10.3. The molecule has 1 aromatic heterocycles. The molecule has 1 atom stereocenters. The van der Waals surface area contributed by atoms with Gasteiger partial charge in [0.1, 0.15) is 11.6 Å². The fraction of sp³-hybridized carbons (Fsp3) is 0.583. The molecule has 0 spiro atoms. The van der Waals surface area contributed by atoms with E-state index in [1.54, 1.807) is 0 Å². The molecule has 0 aliphatic heterocycles. The summed E-state index contributed by atoms with van der Waals surface area (Å²) in [6, 6.07) is 2.18. The smallest absolute Gasteiger partial charge is 0.166 e. The van der Waals surface area contributed by atoms with Crippen LogP contribution in [0.4, 0.5) is 5.82 Å². The van der Waals surface area contributed by atoms with E-state index in [2.05, 4.69) is 35.4 Å². The highest BCUT2D eigenvalue weighted by atomic mass is 15.2. The van der Waals surface area contributed by atoms with E-state index < -0.39 is 0 Å². The maximum atomic E-state index is 9.09. The van der Waals surface area contributed by atoms with Crippen LogP contribution in [0.5, 0.6) is 0 Å². The number of nitrogens with zero attached hydrogens (tertiary/aromatic N) is 3. The standard InChI is InChI=1S/C12H18N4/c1-5-8(2)7-14-12-11(6-13)9(3)10(4)15-16-12/h8H,5,7H2,1-4H3,(H,14,16). The Kier molecular flexibility index (Phi) is 4.24. The Morgan fingerprint density at radius 2 is 2.06 bits per heavy atom. The molecule has 4 heteroatoms. The topological polar surface area (TPSA) is 61.6 Å². The lowest BCUT2D eigenvalue weighted by atomic mass is 10.1. The molecule has 1 unspecified atom stereocenters. The first-order valence-electron chi connectivity index (χ1n) is 5.58. The van der Waals surface area contributed by atoms with Gasteiger partial charge in [0.05, 0.1) is 5.69 Å². The van der Waals surface area contributed by atoms with E-state index in [1.807, 2.05) is 13.8 Å². The van der Waals surface area contributed by atoms with Crippen LogP contribution >= 0.6 is 0 Å². The van der Waals surface area contributed by atoms with Crippen molar-refractivity contribution in [2.75, 3.05) is 11.9 Å². The zero-order chi connectivity index (χ0) is 12.1. The van der Waals surface area contributed by atoms with Crippen LogP contribution in [0.1, 0.15) is 37.1 Å².